The molecule has 0 aliphatic heterocycles. The van der Waals surface area contributed by atoms with Crippen LogP contribution in [0.25, 0.3) is 6.08 Å². The Kier molecular flexibility index (Phi) is 6.35. The maximum Gasteiger partial charge on any atom is 0.356 e. The Morgan fingerprint density at radius 3 is 2.43 bits per heavy atom. The summed E-state index contributed by atoms with van der Waals surface area (Å²) in [7, 11) is 3.01. The molecule has 5 N–H and O–H groups in total. The zero-order valence-corrected chi connectivity index (χ0v) is 12.6. The average molecular weight is 319 g/mol. The van der Waals surface area contributed by atoms with Crippen LogP contribution in [0.1, 0.15) is 5.56 Å². The van der Waals surface area contributed by atoms with E-state index in [1.54, 1.807) is 18.2 Å². The Morgan fingerprint density at radius 1 is 1.26 bits per heavy atom. The van der Waals surface area contributed by atoms with Crippen LogP contribution in [0.2, 0.25) is 0 Å². The van der Waals surface area contributed by atoms with Crippen LogP contribution in [0.4, 0.5) is 0 Å². The van der Waals surface area contributed by atoms with Crippen LogP contribution in [0.3, 0.4) is 0 Å². The Hall–Kier alpha value is -3.29. The number of methoxy groups -OCH3 is 2. The monoisotopic (exact) mass is 319 g/mol. The summed E-state index contributed by atoms with van der Waals surface area (Å²) in [5, 5.41) is 18.2. The van der Waals surface area contributed by atoms with Gasteiger partial charge in [0, 0.05) is 12.3 Å². The molecule has 0 fully saturated rings. The first-order chi connectivity index (χ1) is 10.9. The van der Waals surface area contributed by atoms with Gasteiger partial charge >= 0.3 is 5.97 Å². The first-order valence-corrected chi connectivity index (χ1v) is 6.38. The number of rotatable bonds is 7. The maximum atomic E-state index is 11.8. The minimum Gasteiger partial charge on any atom is -0.493 e. The number of nitrogens with two attached hydrogens (primary N) is 1. The van der Waals surface area contributed by atoms with Crippen molar-refractivity contribution in [1.82, 2.24) is 5.32 Å². The van der Waals surface area contributed by atoms with Crippen molar-refractivity contribution in [1.29, 1.82) is 5.41 Å². The summed E-state index contributed by atoms with van der Waals surface area (Å²) in [4.78, 5) is 22.4. The van der Waals surface area contributed by atoms with Crippen LogP contribution in [0, 0.1) is 5.41 Å². The Balaban J connectivity index is 2.83. The van der Waals surface area contributed by atoms with Gasteiger partial charge in [-0.15, -0.1) is 0 Å². The lowest BCUT2D eigenvalue weighted by Gasteiger charge is -2.08. The molecule has 0 aliphatic rings. The summed E-state index contributed by atoms with van der Waals surface area (Å²) in [6, 6.07) is 5.06. The van der Waals surface area contributed by atoms with Crippen LogP contribution in [0.15, 0.2) is 36.2 Å². The second kappa shape index (κ2) is 8.23. The molecule has 8 heteroatoms. The molecule has 0 aliphatic carbocycles. The number of aliphatic carboxylic acids is 1. The van der Waals surface area contributed by atoms with Crippen molar-refractivity contribution >= 4 is 23.7 Å². The zero-order chi connectivity index (χ0) is 17.4. The molecule has 0 saturated heterocycles. The zero-order valence-electron chi connectivity index (χ0n) is 12.6. The number of carboxylic acid groups (broad SMARTS) is 1. The lowest BCUT2D eigenvalue weighted by molar-refractivity contribution is -0.129. The van der Waals surface area contributed by atoms with E-state index >= 15 is 0 Å². The van der Waals surface area contributed by atoms with Crippen molar-refractivity contribution in [3.8, 4) is 11.5 Å². The predicted octanol–water partition coefficient (Wildman–Crippen LogP) is 0.738. The van der Waals surface area contributed by atoms with Crippen molar-refractivity contribution in [3.63, 3.8) is 0 Å². The van der Waals surface area contributed by atoms with Gasteiger partial charge in [-0.25, -0.2) is 4.79 Å². The lowest BCUT2D eigenvalue weighted by atomic mass is 10.2. The minimum absolute atomic E-state index is 0.292. The average Bonchev–Trinajstić information content (AvgIpc) is 2.56. The van der Waals surface area contributed by atoms with Crippen LogP contribution in [-0.4, -0.2) is 36.9 Å². The van der Waals surface area contributed by atoms with Crippen molar-refractivity contribution in [2.45, 2.75) is 0 Å². The molecule has 0 unspecified atom stereocenters. The molecule has 0 bridgehead atoms. The van der Waals surface area contributed by atoms with Gasteiger partial charge in [0.05, 0.1) is 19.9 Å². The normalized spacial score (nSPS) is 11.1. The van der Waals surface area contributed by atoms with E-state index < -0.39 is 17.6 Å². The van der Waals surface area contributed by atoms with Crippen LogP contribution in [-0.2, 0) is 9.59 Å². The predicted molar refractivity (Wildman–Crippen MR) is 84.4 cm³/mol. The highest BCUT2D eigenvalue weighted by Gasteiger charge is 2.14. The number of hydrogen-bond donors (Lipinski definition) is 4. The van der Waals surface area contributed by atoms with Gasteiger partial charge in [-0.2, -0.15) is 0 Å². The summed E-state index contributed by atoms with van der Waals surface area (Å²) in [6.07, 6.45) is 3.52. The van der Waals surface area contributed by atoms with E-state index in [0.29, 0.717) is 17.1 Å². The highest BCUT2D eigenvalue weighted by Crippen LogP contribution is 2.27. The largest absolute Gasteiger partial charge is 0.493 e. The molecule has 8 nitrogen and oxygen atoms in total. The standard InChI is InChI=1S/C15H17N3O5/c1-22-11-5-3-9(7-12(11)23-2)4-6-13(19)18-10(8-16)14(17)15(20)21/h3-8,17H,16H2,1-2H3,(H,18,19)(H,20,21)/b6-4+,10-8+,17-14?. The third kappa shape index (κ3) is 4.88. The van der Waals surface area contributed by atoms with E-state index in [9.17, 15) is 9.59 Å². The van der Waals surface area contributed by atoms with Gasteiger partial charge in [-0.05, 0) is 23.8 Å². The molecule has 0 heterocycles. The first kappa shape index (κ1) is 17.8. The fourth-order valence-corrected chi connectivity index (χ4v) is 1.61. The van der Waals surface area contributed by atoms with Crippen molar-refractivity contribution in [2.24, 2.45) is 5.73 Å². The van der Waals surface area contributed by atoms with Gasteiger partial charge in [0.25, 0.3) is 0 Å². The summed E-state index contributed by atoms with van der Waals surface area (Å²) < 4.78 is 10.2. The summed E-state index contributed by atoms with van der Waals surface area (Å²) >= 11 is 0. The smallest absolute Gasteiger partial charge is 0.356 e. The molecule has 0 radical (unpaired) electrons. The third-order valence-electron chi connectivity index (χ3n) is 2.74. The second-order valence-corrected chi connectivity index (χ2v) is 4.20. The quantitative estimate of drug-likeness (QED) is 0.432. The van der Waals surface area contributed by atoms with Crippen LogP contribution >= 0.6 is 0 Å². The van der Waals surface area contributed by atoms with Crippen molar-refractivity contribution < 1.29 is 24.2 Å². The molecule has 1 aromatic rings. The van der Waals surface area contributed by atoms with E-state index in [4.69, 9.17) is 25.7 Å². The molecular formula is C15H17N3O5. The van der Waals surface area contributed by atoms with E-state index in [-0.39, 0.29) is 5.70 Å². The molecule has 0 aromatic heterocycles. The highest BCUT2D eigenvalue weighted by atomic mass is 16.5. The van der Waals surface area contributed by atoms with E-state index in [1.165, 1.54) is 26.4 Å². The molecule has 1 aromatic carbocycles. The number of hydrogen-bond acceptors (Lipinski definition) is 6. The Bertz CT molecular complexity index is 680. The number of amides is 1. The van der Waals surface area contributed by atoms with E-state index in [1.807, 2.05) is 0 Å². The van der Waals surface area contributed by atoms with Gasteiger partial charge in [0.2, 0.25) is 5.91 Å². The number of benzene rings is 1. The van der Waals surface area contributed by atoms with Crippen molar-refractivity contribution in [3.05, 3.63) is 41.7 Å². The Labute approximate surface area is 132 Å². The fraction of sp³-hybridized carbons (Fsp3) is 0.133. The van der Waals surface area contributed by atoms with Gasteiger partial charge in [-0.3, -0.25) is 10.2 Å². The minimum atomic E-state index is -1.49. The fourth-order valence-electron chi connectivity index (χ4n) is 1.61. The summed E-state index contributed by atoms with van der Waals surface area (Å²) in [5.74, 6) is -1.06. The molecule has 1 rings (SSSR count). The van der Waals surface area contributed by atoms with E-state index in [0.717, 1.165) is 6.20 Å². The number of carbonyl (C=O) groups is 2. The Morgan fingerprint density at radius 2 is 1.91 bits per heavy atom. The number of carboxylic acids is 1. The molecular weight excluding hydrogens is 302 g/mol. The molecule has 23 heavy (non-hydrogen) atoms. The highest BCUT2D eigenvalue weighted by molar-refractivity contribution is 6.41. The second-order valence-electron chi connectivity index (χ2n) is 4.20. The summed E-state index contributed by atoms with van der Waals surface area (Å²) in [5.41, 5.74) is 4.77. The van der Waals surface area contributed by atoms with Gasteiger partial charge in [0.1, 0.15) is 0 Å². The maximum absolute atomic E-state index is 11.8. The number of ether oxygens (including phenoxy) is 2. The number of nitrogens with one attached hydrogen (secondary N) is 2. The van der Waals surface area contributed by atoms with Crippen LogP contribution in [0.5, 0.6) is 11.5 Å². The van der Waals surface area contributed by atoms with Crippen LogP contribution < -0.4 is 20.5 Å². The van der Waals surface area contributed by atoms with Gasteiger partial charge in [0.15, 0.2) is 17.2 Å². The lowest BCUT2D eigenvalue weighted by Crippen LogP contribution is -2.30. The summed E-state index contributed by atoms with van der Waals surface area (Å²) in [6.45, 7) is 0. The molecule has 0 saturated carbocycles. The van der Waals surface area contributed by atoms with Gasteiger partial charge in [-0.1, -0.05) is 6.07 Å². The SMILES string of the molecule is COc1ccc(/C=C/C(=O)N/C(=C/N)C(=N)C(=O)O)cc1OC. The molecule has 0 atom stereocenters. The van der Waals surface area contributed by atoms with E-state index in [2.05, 4.69) is 5.32 Å². The third-order valence-corrected chi connectivity index (χ3v) is 2.74. The first-order valence-electron chi connectivity index (χ1n) is 6.38. The number of carbonyl (C=O) groups excluding carboxylic acids is 1. The van der Waals surface area contributed by atoms with Gasteiger partial charge < -0.3 is 25.6 Å². The molecule has 1 amide bonds. The molecule has 122 valence electrons. The topological polar surface area (TPSA) is 135 Å². The van der Waals surface area contributed by atoms with Crippen molar-refractivity contribution in [2.75, 3.05) is 14.2 Å². The molecule has 0 spiro atoms.